The Labute approximate surface area is 357 Å². The average Bonchev–Trinajstić information content (AvgIpc) is 3.84. The van der Waals surface area contributed by atoms with E-state index < -0.39 is 0 Å². The molecule has 3 aromatic heterocycles. The minimum absolute atomic E-state index is 0.649. The fourth-order valence-corrected chi connectivity index (χ4v) is 9.76. The number of aromatic nitrogens is 4. The van der Waals surface area contributed by atoms with E-state index in [1.54, 1.807) is 0 Å². The molecule has 3 heterocycles. The number of hydrogen-bond acceptors (Lipinski definition) is 2. The number of para-hydroxylation sites is 2. The van der Waals surface area contributed by atoms with Gasteiger partial charge in [0.15, 0.2) is 0 Å². The number of nitrogens with zero attached hydrogens (tertiary/aromatic N) is 4. The first-order chi connectivity index (χ1) is 30.7. The maximum Gasteiger partial charge on any atom is 0.235 e. The Morgan fingerprint density at radius 1 is 0.290 bits per heavy atom. The van der Waals surface area contributed by atoms with E-state index in [-0.39, 0.29) is 0 Å². The highest BCUT2D eigenvalue weighted by atomic mass is 15.2. The van der Waals surface area contributed by atoms with Crippen LogP contribution in [0.15, 0.2) is 218 Å². The minimum Gasteiger partial charge on any atom is -0.309 e. The van der Waals surface area contributed by atoms with Crippen molar-refractivity contribution in [3.63, 3.8) is 0 Å². The molecule has 0 unspecified atom stereocenters. The van der Waals surface area contributed by atoms with Gasteiger partial charge in [-0.25, -0.2) is 9.97 Å². The predicted molar refractivity (Wildman–Crippen MR) is 260 cm³/mol. The summed E-state index contributed by atoms with van der Waals surface area (Å²) < 4.78 is 4.67. The second-order valence-electron chi connectivity index (χ2n) is 16.2. The first-order valence-electron chi connectivity index (χ1n) is 21.2. The summed E-state index contributed by atoms with van der Waals surface area (Å²) in [6, 6.07) is 78.7. The smallest absolute Gasteiger partial charge is 0.235 e. The van der Waals surface area contributed by atoms with Gasteiger partial charge in [0.05, 0.1) is 33.3 Å². The molecule has 13 rings (SSSR count). The zero-order valence-electron chi connectivity index (χ0n) is 33.6. The second kappa shape index (κ2) is 13.6. The van der Waals surface area contributed by atoms with Gasteiger partial charge in [0.2, 0.25) is 5.95 Å². The van der Waals surface area contributed by atoms with Crippen LogP contribution < -0.4 is 0 Å². The van der Waals surface area contributed by atoms with E-state index in [9.17, 15) is 0 Å². The summed E-state index contributed by atoms with van der Waals surface area (Å²) in [6.07, 6.45) is 0. The van der Waals surface area contributed by atoms with Crippen LogP contribution in [0.4, 0.5) is 0 Å². The van der Waals surface area contributed by atoms with Gasteiger partial charge in [-0.05, 0) is 98.4 Å². The van der Waals surface area contributed by atoms with Gasteiger partial charge in [0, 0.05) is 38.2 Å². The van der Waals surface area contributed by atoms with Crippen molar-refractivity contribution in [1.82, 2.24) is 19.1 Å². The summed E-state index contributed by atoms with van der Waals surface area (Å²) in [6.45, 7) is 0. The molecule has 62 heavy (non-hydrogen) atoms. The average molecular weight is 789 g/mol. The van der Waals surface area contributed by atoms with Crippen LogP contribution in [0.5, 0.6) is 0 Å². The van der Waals surface area contributed by atoms with Gasteiger partial charge in [-0.1, -0.05) is 164 Å². The van der Waals surface area contributed by atoms with Crippen molar-refractivity contribution in [2.24, 2.45) is 0 Å². The van der Waals surface area contributed by atoms with E-state index in [0.29, 0.717) is 5.95 Å². The number of fused-ring (bicyclic) bond motifs is 9. The highest BCUT2D eigenvalue weighted by molar-refractivity contribution is 6.15. The molecule has 288 valence electrons. The molecule has 13 aromatic rings. The lowest BCUT2D eigenvalue weighted by Crippen LogP contribution is -2.03. The van der Waals surface area contributed by atoms with E-state index in [0.717, 1.165) is 55.4 Å². The molecule has 0 atom stereocenters. The maximum atomic E-state index is 5.52. The Balaban J connectivity index is 1.03. The molecule has 0 spiro atoms. The summed E-state index contributed by atoms with van der Waals surface area (Å²) in [7, 11) is 0. The molecule has 0 aliphatic rings. The molecule has 0 saturated heterocycles. The topological polar surface area (TPSA) is 35.6 Å². The number of hydrogen-bond donors (Lipinski definition) is 0. The molecule has 4 nitrogen and oxygen atoms in total. The van der Waals surface area contributed by atoms with Gasteiger partial charge in [-0.15, -0.1) is 0 Å². The van der Waals surface area contributed by atoms with Crippen LogP contribution in [0, 0.1) is 0 Å². The summed E-state index contributed by atoms with van der Waals surface area (Å²) in [5, 5.41) is 10.5. The Morgan fingerprint density at radius 2 is 0.871 bits per heavy atom. The number of rotatable bonds is 5. The molecule has 0 saturated carbocycles. The molecule has 4 heteroatoms. The van der Waals surface area contributed by atoms with Crippen molar-refractivity contribution < 1.29 is 0 Å². The third-order valence-electron chi connectivity index (χ3n) is 12.7. The molecule has 0 radical (unpaired) electrons. The first kappa shape index (κ1) is 34.5. The fourth-order valence-electron chi connectivity index (χ4n) is 9.76. The fraction of sp³-hybridized carbons (Fsp3) is 0. The third kappa shape index (κ3) is 5.33. The molecule has 0 bridgehead atoms. The van der Waals surface area contributed by atoms with Gasteiger partial charge in [0.25, 0.3) is 0 Å². The van der Waals surface area contributed by atoms with Crippen LogP contribution in [0.1, 0.15) is 0 Å². The predicted octanol–water partition coefficient (Wildman–Crippen LogP) is 15.1. The van der Waals surface area contributed by atoms with Crippen LogP contribution in [0.25, 0.3) is 121 Å². The van der Waals surface area contributed by atoms with Crippen LogP contribution in [0.3, 0.4) is 0 Å². The van der Waals surface area contributed by atoms with Gasteiger partial charge in [0.1, 0.15) is 0 Å². The highest BCUT2D eigenvalue weighted by Crippen LogP contribution is 2.40. The summed E-state index contributed by atoms with van der Waals surface area (Å²) >= 11 is 0. The largest absolute Gasteiger partial charge is 0.309 e. The van der Waals surface area contributed by atoms with Crippen LogP contribution in [-0.2, 0) is 0 Å². The van der Waals surface area contributed by atoms with Crippen molar-refractivity contribution in [2.75, 3.05) is 0 Å². The molecule has 0 amide bonds. The zero-order valence-corrected chi connectivity index (χ0v) is 33.6. The molecule has 10 aromatic carbocycles. The third-order valence-corrected chi connectivity index (χ3v) is 12.7. The van der Waals surface area contributed by atoms with E-state index in [1.807, 2.05) is 0 Å². The molecule has 0 aliphatic heterocycles. The molecule has 0 fully saturated rings. The summed E-state index contributed by atoms with van der Waals surface area (Å²) in [5.74, 6) is 0.649. The molecular weight excluding hydrogens is 753 g/mol. The van der Waals surface area contributed by atoms with Gasteiger partial charge >= 0.3 is 0 Å². The van der Waals surface area contributed by atoms with Gasteiger partial charge < -0.3 is 4.57 Å². The van der Waals surface area contributed by atoms with Crippen LogP contribution in [-0.4, -0.2) is 19.1 Å². The normalized spacial score (nSPS) is 11.9. The van der Waals surface area contributed by atoms with Crippen molar-refractivity contribution in [2.45, 2.75) is 0 Å². The quantitative estimate of drug-likeness (QED) is 0.174. The maximum absolute atomic E-state index is 5.52. The zero-order chi connectivity index (χ0) is 40.7. The lowest BCUT2D eigenvalue weighted by molar-refractivity contribution is 1.01. The Hall–Kier alpha value is -8.34. The monoisotopic (exact) mass is 788 g/mol. The van der Waals surface area contributed by atoms with E-state index in [4.69, 9.17) is 9.97 Å². The Kier molecular flexibility index (Phi) is 7.57. The molecule has 0 N–H and O–H groups in total. The van der Waals surface area contributed by atoms with Crippen molar-refractivity contribution in [3.05, 3.63) is 218 Å². The van der Waals surface area contributed by atoms with Crippen molar-refractivity contribution in [3.8, 4) is 45.1 Å². The Morgan fingerprint density at radius 3 is 1.73 bits per heavy atom. The lowest BCUT2D eigenvalue weighted by atomic mass is 9.99. The number of benzene rings is 10. The van der Waals surface area contributed by atoms with Gasteiger partial charge in [-0.3, -0.25) is 4.57 Å². The molecule has 0 aliphatic carbocycles. The Bertz CT molecular complexity index is 3910. The van der Waals surface area contributed by atoms with E-state index in [1.165, 1.54) is 59.9 Å². The highest BCUT2D eigenvalue weighted by Gasteiger charge is 2.20. The summed E-state index contributed by atoms with van der Waals surface area (Å²) in [5.41, 5.74) is 13.3. The first-order valence-corrected chi connectivity index (χ1v) is 21.2. The SMILES string of the molecule is c1ccc(-c2ccc(-n3c4ccccc4c4cc(-c5ccc6c7cc8ccccc8cc7n(-c7nc(-c8cccc9ccccc89)c8ccccc8n7)c6c5)ccc43)cc2)cc1. The van der Waals surface area contributed by atoms with Gasteiger partial charge in [-0.2, -0.15) is 0 Å². The minimum atomic E-state index is 0.649. The summed E-state index contributed by atoms with van der Waals surface area (Å²) in [4.78, 5) is 10.9. The van der Waals surface area contributed by atoms with Crippen LogP contribution >= 0.6 is 0 Å². The standard InChI is InChI=1S/C58H36N4/c1-2-13-37(14-3-1)38-25-29-44(30-26-38)61-53-24-11-9-20-46(53)50-34-42(28-32-54(50)61)43-27-31-47-51-33-40-16-4-5-17-41(40)35-56(51)62(55(47)36-43)58-59-52-23-10-8-21-49(52)57(60-58)48-22-12-18-39-15-6-7-19-45(39)48/h1-36H. The van der Waals surface area contributed by atoms with Crippen LogP contribution in [0.2, 0.25) is 0 Å². The molecular formula is C58H36N4. The second-order valence-corrected chi connectivity index (χ2v) is 16.2. The van der Waals surface area contributed by atoms with Crippen molar-refractivity contribution >= 4 is 76.1 Å². The van der Waals surface area contributed by atoms with E-state index in [2.05, 4.69) is 228 Å². The van der Waals surface area contributed by atoms with E-state index >= 15 is 0 Å². The van der Waals surface area contributed by atoms with Crippen molar-refractivity contribution in [1.29, 1.82) is 0 Å². The lowest BCUT2D eigenvalue weighted by Gasteiger charge is -2.14.